The first-order valence-corrected chi connectivity index (χ1v) is 9.52. The number of benzene rings is 1. The molecule has 0 aliphatic heterocycles. The van der Waals surface area contributed by atoms with Gasteiger partial charge in [0.1, 0.15) is 5.82 Å². The number of rotatable bonds is 8. The topological polar surface area (TPSA) is 50.5 Å². The summed E-state index contributed by atoms with van der Waals surface area (Å²) in [6.07, 6.45) is 9.88. The van der Waals surface area contributed by atoms with Crippen LogP contribution in [0.25, 0.3) is 0 Å². The predicted octanol–water partition coefficient (Wildman–Crippen LogP) is 5.22. The summed E-state index contributed by atoms with van der Waals surface area (Å²) in [4.78, 5) is 16.6. The number of nitrogens with zero attached hydrogens (tertiary/aromatic N) is 4. The van der Waals surface area contributed by atoms with Crippen molar-refractivity contribution in [3.05, 3.63) is 82.6 Å². The lowest BCUT2D eigenvalue weighted by atomic mass is 10.0. The smallest absolute Gasteiger partial charge is 0.162 e. The molecule has 0 N–H and O–H groups in total. The highest BCUT2D eigenvalue weighted by atomic mass is 19.2. The standard InChI is InChI=1S/C23H24F2N4/c1-15(2)5-6-16-9-17(10-21(24)23(16)25)19-11-20(19)18(12-26-3)13-27-14-22-28-7-4-8-29-22/h4-5,7-10,12-13,19-20H,3,6,11,14H2,1-2H3/b18-12+,27-13?. The molecule has 2 unspecified atom stereocenters. The Morgan fingerprint density at radius 3 is 2.69 bits per heavy atom. The van der Waals surface area contributed by atoms with Crippen molar-refractivity contribution in [1.29, 1.82) is 0 Å². The van der Waals surface area contributed by atoms with Gasteiger partial charge < -0.3 is 0 Å². The van der Waals surface area contributed by atoms with Gasteiger partial charge >= 0.3 is 0 Å². The minimum atomic E-state index is -0.799. The lowest BCUT2D eigenvalue weighted by Crippen LogP contribution is -1.99. The maximum atomic E-state index is 14.1. The van der Waals surface area contributed by atoms with E-state index in [1.54, 1.807) is 36.9 Å². The van der Waals surface area contributed by atoms with Crippen molar-refractivity contribution < 1.29 is 8.78 Å². The average molecular weight is 394 g/mol. The van der Waals surface area contributed by atoms with Crippen molar-refractivity contribution in [2.75, 3.05) is 0 Å². The molecule has 3 rings (SSSR count). The molecule has 1 fully saturated rings. The Hall–Kier alpha value is -3.02. The summed E-state index contributed by atoms with van der Waals surface area (Å²) in [5, 5.41) is 0. The summed E-state index contributed by atoms with van der Waals surface area (Å²) in [5.74, 6) is -0.666. The molecular weight excluding hydrogens is 370 g/mol. The van der Waals surface area contributed by atoms with E-state index in [1.165, 1.54) is 6.07 Å². The summed E-state index contributed by atoms with van der Waals surface area (Å²) in [5.41, 5.74) is 3.17. The third-order valence-electron chi connectivity index (χ3n) is 4.84. The SMILES string of the molecule is C=N/C=C(\C=NCc1ncccn1)C1CC1c1cc(F)c(F)c(CC=C(C)C)c1. The van der Waals surface area contributed by atoms with E-state index in [4.69, 9.17) is 0 Å². The van der Waals surface area contributed by atoms with Crippen molar-refractivity contribution in [2.24, 2.45) is 15.9 Å². The Balaban J connectivity index is 1.74. The zero-order chi connectivity index (χ0) is 20.8. The molecule has 1 aromatic heterocycles. The van der Waals surface area contributed by atoms with Gasteiger partial charge in [0, 0.05) is 24.8 Å². The van der Waals surface area contributed by atoms with E-state index >= 15 is 0 Å². The van der Waals surface area contributed by atoms with Gasteiger partial charge in [0.15, 0.2) is 11.6 Å². The van der Waals surface area contributed by atoms with Crippen LogP contribution >= 0.6 is 0 Å². The third kappa shape index (κ3) is 5.50. The molecule has 1 aliphatic carbocycles. The maximum Gasteiger partial charge on any atom is 0.162 e. The largest absolute Gasteiger partial charge is 0.285 e. The van der Waals surface area contributed by atoms with E-state index in [2.05, 4.69) is 26.7 Å². The van der Waals surface area contributed by atoms with Crippen LogP contribution in [0.2, 0.25) is 0 Å². The Morgan fingerprint density at radius 2 is 2.00 bits per heavy atom. The highest BCUT2D eigenvalue weighted by Gasteiger charge is 2.41. The van der Waals surface area contributed by atoms with Crippen LogP contribution in [0.4, 0.5) is 8.78 Å². The molecule has 0 saturated heterocycles. The molecule has 2 aromatic rings. The molecule has 150 valence electrons. The molecule has 0 bridgehead atoms. The molecule has 0 spiro atoms. The summed E-state index contributed by atoms with van der Waals surface area (Å²) in [6, 6.07) is 4.83. The summed E-state index contributed by atoms with van der Waals surface area (Å²) < 4.78 is 28.3. The molecule has 1 aromatic carbocycles. The van der Waals surface area contributed by atoms with Gasteiger partial charge in [0.2, 0.25) is 0 Å². The molecular formula is C23H24F2N4. The lowest BCUT2D eigenvalue weighted by molar-refractivity contribution is 0.499. The summed E-state index contributed by atoms with van der Waals surface area (Å²) in [7, 11) is 0. The van der Waals surface area contributed by atoms with Crippen LogP contribution < -0.4 is 0 Å². The second-order valence-electron chi connectivity index (χ2n) is 7.36. The van der Waals surface area contributed by atoms with E-state index < -0.39 is 11.6 Å². The monoisotopic (exact) mass is 394 g/mol. The van der Waals surface area contributed by atoms with Gasteiger partial charge in [-0.15, -0.1) is 0 Å². The zero-order valence-corrected chi connectivity index (χ0v) is 16.6. The van der Waals surface area contributed by atoms with Gasteiger partial charge in [-0.05, 0) is 74.1 Å². The summed E-state index contributed by atoms with van der Waals surface area (Å²) in [6.45, 7) is 7.77. The highest BCUT2D eigenvalue weighted by Crippen LogP contribution is 2.51. The first-order valence-electron chi connectivity index (χ1n) is 9.52. The fourth-order valence-corrected chi connectivity index (χ4v) is 3.25. The van der Waals surface area contributed by atoms with Crippen molar-refractivity contribution >= 4 is 12.9 Å². The van der Waals surface area contributed by atoms with Crippen LogP contribution in [0.15, 0.2) is 64.0 Å². The molecule has 1 heterocycles. The van der Waals surface area contributed by atoms with Gasteiger partial charge in [-0.3, -0.25) is 9.98 Å². The second-order valence-corrected chi connectivity index (χ2v) is 7.36. The van der Waals surface area contributed by atoms with Crippen molar-refractivity contribution in [3.8, 4) is 0 Å². The Morgan fingerprint density at radius 1 is 1.24 bits per heavy atom. The van der Waals surface area contributed by atoms with Gasteiger partial charge in [-0.1, -0.05) is 17.7 Å². The van der Waals surface area contributed by atoms with Crippen LogP contribution in [0.5, 0.6) is 0 Å². The quantitative estimate of drug-likeness (QED) is 0.455. The number of aliphatic imine (C=N–C) groups is 2. The van der Waals surface area contributed by atoms with E-state index in [9.17, 15) is 8.78 Å². The number of halogens is 2. The fraction of sp³-hybridized carbons (Fsp3) is 0.304. The summed E-state index contributed by atoms with van der Waals surface area (Å²) >= 11 is 0. The van der Waals surface area contributed by atoms with Crippen LogP contribution in [0.3, 0.4) is 0 Å². The number of hydrogen-bond acceptors (Lipinski definition) is 4. The van der Waals surface area contributed by atoms with Crippen LogP contribution in [0, 0.1) is 17.6 Å². The van der Waals surface area contributed by atoms with Crippen molar-refractivity contribution in [3.63, 3.8) is 0 Å². The van der Waals surface area contributed by atoms with Crippen LogP contribution in [-0.4, -0.2) is 22.9 Å². The average Bonchev–Trinajstić information content (AvgIpc) is 3.50. The lowest BCUT2D eigenvalue weighted by Gasteiger charge is -2.07. The zero-order valence-electron chi connectivity index (χ0n) is 16.6. The molecule has 29 heavy (non-hydrogen) atoms. The van der Waals surface area contributed by atoms with Crippen LogP contribution in [-0.2, 0) is 13.0 Å². The Bertz CT molecular complexity index is 960. The Kier molecular flexibility index (Phi) is 6.75. The van der Waals surface area contributed by atoms with Gasteiger partial charge in [0.25, 0.3) is 0 Å². The van der Waals surface area contributed by atoms with Crippen LogP contribution in [0.1, 0.15) is 43.1 Å². The molecule has 0 amide bonds. The van der Waals surface area contributed by atoms with Crippen molar-refractivity contribution in [1.82, 2.24) is 9.97 Å². The normalized spacial score (nSPS) is 18.7. The van der Waals surface area contributed by atoms with Gasteiger partial charge in [-0.25, -0.2) is 18.7 Å². The maximum absolute atomic E-state index is 14.1. The minimum Gasteiger partial charge on any atom is -0.285 e. The molecule has 1 saturated carbocycles. The molecule has 6 heteroatoms. The van der Waals surface area contributed by atoms with Gasteiger partial charge in [-0.2, -0.15) is 0 Å². The van der Waals surface area contributed by atoms with Gasteiger partial charge in [0.05, 0.1) is 6.54 Å². The molecule has 4 nitrogen and oxygen atoms in total. The molecule has 1 aliphatic rings. The number of hydrogen-bond donors (Lipinski definition) is 0. The number of aromatic nitrogens is 2. The first kappa shape index (κ1) is 20.7. The van der Waals surface area contributed by atoms with E-state index in [0.29, 0.717) is 24.4 Å². The van der Waals surface area contributed by atoms with E-state index in [0.717, 1.165) is 23.1 Å². The highest BCUT2D eigenvalue weighted by molar-refractivity contribution is 5.80. The third-order valence-corrected chi connectivity index (χ3v) is 4.84. The number of allylic oxidation sites excluding steroid dienone is 3. The minimum absolute atomic E-state index is 0.114. The first-order chi connectivity index (χ1) is 14.0. The second kappa shape index (κ2) is 9.45. The predicted molar refractivity (Wildman–Crippen MR) is 112 cm³/mol. The fourth-order valence-electron chi connectivity index (χ4n) is 3.25. The van der Waals surface area contributed by atoms with E-state index in [1.807, 2.05) is 19.9 Å². The molecule has 2 atom stereocenters. The Labute approximate surface area is 169 Å². The molecule has 0 radical (unpaired) electrons. The van der Waals surface area contributed by atoms with Crippen molar-refractivity contribution in [2.45, 2.75) is 39.2 Å². The van der Waals surface area contributed by atoms with E-state index in [-0.39, 0.29) is 11.8 Å².